The summed E-state index contributed by atoms with van der Waals surface area (Å²) in [7, 11) is 0. The number of nitrogens with zero attached hydrogens (tertiary/aromatic N) is 2. The molecule has 0 saturated carbocycles. The standard InChI is InChI=1S/C24H31N3O3/c1-18-11-14-27(20-9-12-25-13-10-20)24(29)22(18)23(28)26(17-21-8-5-15-30-21)16-19-6-3-2-4-7-19/h2-4,6-7,11,14,20-21,25H,5,8-10,12-13,15-17H2,1H3. The number of ether oxygens (including phenoxy) is 1. The number of carbonyl (C=O) groups is 1. The third-order valence-corrected chi connectivity index (χ3v) is 6.20. The van der Waals surface area contributed by atoms with Crippen molar-refractivity contribution in [3.63, 3.8) is 0 Å². The Morgan fingerprint density at radius 1 is 1.17 bits per heavy atom. The molecule has 2 fully saturated rings. The van der Waals surface area contributed by atoms with Crippen LogP contribution in [0.2, 0.25) is 0 Å². The Bertz CT molecular complexity index is 913. The maximum absolute atomic E-state index is 13.7. The molecule has 1 unspecified atom stereocenters. The van der Waals surface area contributed by atoms with E-state index in [1.54, 1.807) is 9.47 Å². The summed E-state index contributed by atoms with van der Waals surface area (Å²) < 4.78 is 7.57. The van der Waals surface area contributed by atoms with Gasteiger partial charge in [-0.1, -0.05) is 30.3 Å². The van der Waals surface area contributed by atoms with Gasteiger partial charge in [0.25, 0.3) is 11.5 Å². The van der Waals surface area contributed by atoms with Crippen molar-refractivity contribution in [3.8, 4) is 0 Å². The lowest BCUT2D eigenvalue weighted by molar-refractivity contribution is 0.0504. The van der Waals surface area contributed by atoms with Gasteiger partial charge in [-0.05, 0) is 62.9 Å². The van der Waals surface area contributed by atoms with Crippen LogP contribution in [-0.2, 0) is 11.3 Å². The first-order chi connectivity index (χ1) is 14.6. The summed E-state index contributed by atoms with van der Waals surface area (Å²) in [5.74, 6) is -0.194. The Morgan fingerprint density at radius 2 is 1.93 bits per heavy atom. The first-order valence-corrected chi connectivity index (χ1v) is 11.0. The summed E-state index contributed by atoms with van der Waals surface area (Å²) in [6.07, 6.45) is 5.66. The van der Waals surface area contributed by atoms with Crippen molar-refractivity contribution in [2.24, 2.45) is 0 Å². The summed E-state index contributed by atoms with van der Waals surface area (Å²) in [6, 6.07) is 12.0. The zero-order valence-corrected chi connectivity index (χ0v) is 17.7. The number of pyridine rings is 1. The largest absolute Gasteiger partial charge is 0.376 e. The topological polar surface area (TPSA) is 63.6 Å². The van der Waals surface area contributed by atoms with E-state index in [-0.39, 0.29) is 23.6 Å². The molecule has 6 heteroatoms. The van der Waals surface area contributed by atoms with Crippen molar-refractivity contribution in [2.45, 2.75) is 51.3 Å². The fourth-order valence-electron chi connectivity index (χ4n) is 4.49. The molecule has 0 bridgehead atoms. The predicted molar refractivity (Wildman–Crippen MR) is 117 cm³/mol. The van der Waals surface area contributed by atoms with E-state index in [1.807, 2.05) is 49.5 Å². The third kappa shape index (κ3) is 4.65. The second kappa shape index (κ2) is 9.58. The number of carbonyl (C=O) groups excluding carboxylic acids is 1. The molecule has 1 N–H and O–H groups in total. The number of aryl methyl sites for hydroxylation is 1. The van der Waals surface area contributed by atoms with Crippen molar-refractivity contribution in [1.82, 2.24) is 14.8 Å². The lowest BCUT2D eigenvalue weighted by Crippen LogP contribution is -2.42. The highest BCUT2D eigenvalue weighted by molar-refractivity contribution is 5.95. The van der Waals surface area contributed by atoms with E-state index in [2.05, 4.69) is 5.32 Å². The molecule has 0 radical (unpaired) electrons. The molecule has 160 valence electrons. The van der Waals surface area contributed by atoms with Gasteiger partial charge in [-0.3, -0.25) is 9.59 Å². The monoisotopic (exact) mass is 409 g/mol. The molecule has 3 heterocycles. The minimum absolute atomic E-state index is 0.0355. The molecular weight excluding hydrogens is 378 g/mol. The fourth-order valence-corrected chi connectivity index (χ4v) is 4.49. The molecule has 1 amide bonds. The second-order valence-electron chi connectivity index (χ2n) is 8.37. The minimum Gasteiger partial charge on any atom is -0.376 e. The molecule has 4 rings (SSSR count). The summed E-state index contributed by atoms with van der Waals surface area (Å²) in [5.41, 5.74) is 1.92. The van der Waals surface area contributed by atoms with Gasteiger partial charge in [-0.15, -0.1) is 0 Å². The molecule has 2 aliphatic rings. The minimum atomic E-state index is -0.194. The van der Waals surface area contributed by atoms with Crippen LogP contribution in [0.4, 0.5) is 0 Å². The molecule has 2 aromatic rings. The third-order valence-electron chi connectivity index (χ3n) is 6.20. The summed E-state index contributed by atoms with van der Waals surface area (Å²) >= 11 is 0. The van der Waals surface area contributed by atoms with E-state index in [1.165, 1.54) is 0 Å². The Morgan fingerprint density at radius 3 is 2.63 bits per heavy atom. The van der Waals surface area contributed by atoms with E-state index < -0.39 is 0 Å². The number of nitrogens with one attached hydrogen (secondary N) is 1. The van der Waals surface area contributed by atoms with Crippen LogP contribution >= 0.6 is 0 Å². The number of aromatic nitrogens is 1. The van der Waals surface area contributed by atoms with Gasteiger partial charge in [0.15, 0.2) is 0 Å². The lowest BCUT2D eigenvalue weighted by Gasteiger charge is -2.28. The van der Waals surface area contributed by atoms with E-state index >= 15 is 0 Å². The van der Waals surface area contributed by atoms with Gasteiger partial charge in [0.2, 0.25) is 0 Å². The van der Waals surface area contributed by atoms with Gasteiger partial charge in [-0.2, -0.15) is 0 Å². The lowest BCUT2D eigenvalue weighted by atomic mass is 10.0. The molecular formula is C24H31N3O3. The first-order valence-electron chi connectivity index (χ1n) is 11.0. The van der Waals surface area contributed by atoms with Crippen LogP contribution in [0, 0.1) is 6.92 Å². The summed E-state index contributed by atoms with van der Waals surface area (Å²) in [4.78, 5) is 28.8. The average Bonchev–Trinajstić information content (AvgIpc) is 3.28. The maximum Gasteiger partial charge on any atom is 0.263 e. The van der Waals surface area contributed by atoms with Crippen LogP contribution in [0.15, 0.2) is 47.4 Å². The van der Waals surface area contributed by atoms with Gasteiger partial charge < -0.3 is 19.5 Å². The normalized spacial score (nSPS) is 19.7. The molecule has 0 aliphatic carbocycles. The van der Waals surface area contributed by atoms with Crippen molar-refractivity contribution in [1.29, 1.82) is 0 Å². The van der Waals surface area contributed by atoms with Crippen LogP contribution in [0.1, 0.15) is 53.2 Å². The van der Waals surface area contributed by atoms with Crippen LogP contribution in [0.25, 0.3) is 0 Å². The molecule has 6 nitrogen and oxygen atoms in total. The van der Waals surface area contributed by atoms with E-state index in [0.29, 0.717) is 18.7 Å². The van der Waals surface area contributed by atoms with Gasteiger partial charge in [0.05, 0.1) is 6.10 Å². The Hall–Kier alpha value is -2.44. The highest BCUT2D eigenvalue weighted by atomic mass is 16.5. The number of hydrogen-bond acceptors (Lipinski definition) is 4. The van der Waals surface area contributed by atoms with Gasteiger partial charge in [0, 0.05) is 31.9 Å². The second-order valence-corrected chi connectivity index (χ2v) is 8.37. The van der Waals surface area contributed by atoms with E-state index in [4.69, 9.17) is 4.74 Å². The highest BCUT2D eigenvalue weighted by Crippen LogP contribution is 2.20. The SMILES string of the molecule is Cc1ccn(C2CCNCC2)c(=O)c1C(=O)N(Cc1ccccc1)CC1CCCO1. The Balaban J connectivity index is 1.65. The summed E-state index contributed by atoms with van der Waals surface area (Å²) in [6.45, 7) is 5.37. The zero-order valence-electron chi connectivity index (χ0n) is 17.7. The van der Waals surface area contributed by atoms with Crippen LogP contribution in [-0.4, -0.2) is 47.7 Å². The van der Waals surface area contributed by atoms with Crippen LogP contribution in [0.5, 0.6) is 0 Å². The molecule has 1 atom stereocenters. The van der Waals surface area contributed by atoms with Crippen molar-refractivity contribution < 1.29 is 9.53 Å². The maximum atomic E-state index is 13.7. The number of benzene rings is 1. The fraction of sp³-hybridized carbons (Fsp3) is 0.500. The predicted octanol–water partition coefficient (Wildman–Crippen LogP) is 2.90. The molecule has 30 heavy (non-hydrogen) atoms. The molecule has 2 saturated heterocycles. The number of piperidine rings is 1. The van der Waals surface area contributed by atoms with Gasteiger partial charge >= 0.3 is 0 Å². The van der Waals surface area contributed by atoms with Crippen LogP contribution in [0.3, 0.4) is 0 Å². The Labute approximate surface area is 177 Å². The molecule has 2 aliphatic heterocycles. The van der Waals surface area contributed by atoms with E-state index in [0.717, 1.165) is 56.5 Å². The average molecular weight is 410 g/mol. The quantitative estimate of drug-likeness (QED) is 0.797. The van der Waals surface area contributed by atoms with Crippen molar-refractivity contribution in [3.05, 3.63) is 69.6 Å². The summed E-state index contributed by atoms with van der Waals surface area (Å²) in [5, 5.41) is 3.33. The van der Waals surface area contributed by atoms with Crippen molar-refractivity contribution >= 4 is 5.91 Å². The molecule has 0 spiro atoms. The molecule has 1 aromatic heterocycles. The van der Waals surface area contributed by atoms with Gasteiger partial charge in [-0.25, -0.2) is 0 Å². The van der Waals surface area contributed by atoms with Gasteiger partial charge in [0.1, 0.15) is 5.56 Å². The highest BCUT2D eigenvalue weighted by Gasteiger charge is 2.28. The number of amides is 1. The Kier molecular flexibility index (Phi) is 6.65. The number of hydrogen-bond donors (Lipinski definition) is 1. The van der Waals surface area contributed by atoms with Crippen molar-refractivity contribution in [2.75, 3.05) is 26.2 Å². The number of rotatable bonds is 6. The smallest absolute Gasteiger partial charge is 0.263 e. The zero-order chi connectivity index (χ0) is 20.9. The van der Waals surface area contributed by atoms with Crippen LogP contribution < -0.4 is 10.9 Å². The first kappa shape index (κ1) is 20.8. The van der Waals surface area contributed by atoms with E-state index in [9.17, 15) is 9.59 Å². The molecule has 1 aromatic carbocycles.